The van der Waals surface area contributed by atoms with Crippen molar-refractivity contribution in [3.05, 3.63) is 59.4 Å². The second-order valence-electron chi connectivity index (χ2n) is 4.57. The summed E-state index contributed by atoms with van der Waals surface area (Å²) >= 11 is 5.82. The number of halogens is 1. The Kier molecular flexibility index (Phi) is 4.63. The van der Waals surface area contributed by atoms with Crippen molar-refractivity contribution in [2.75, 3.05) is 6.61 Å². The standard InChI is InChI=1S/C16H12ClNO5/c17-11-3-1-4-13(7-11)21-10-16(19)22-9-12-8-15(23-18-12)14-5-2-6-20-14/h1-8H,9-10H2. The van der Waals surface area contributed by atoms with Crippen LogP contribution in [-0.2, 0) is 16.1 Å². The normalized spacial score (nSPS) is 10.5. The maximum absolute atomic E-state index is 11.7. The number of benzene rings is 1. The van der Waals surface area contributed by atoms with E-state index in [1.54, 1.807) is 42.5 Å². The van der Waals surface area contributed by atoms with E-state index in [1.165, 1.54) is 6.26 Å². The molecule has 0 bridgehead atoms. The Morgan fingerprint density at radius 2 is 2.09 bits per heavy atom. The quantitative estimate of drug-likeness (QED) is 0.640. The summed E-state index contributed by atoms with van der Waals surface area (Å²) in [5.74, 6) is 0.999. The molecule has 0 radical (unpaired) electrons. The van der Waals surface area contributed by atoms with E-state index in [-0.39, 0.29) is 13.2 Å². The Hall–Kier alpha value is -2.73. The third-order valence-electron chi connectivity index (χ3n) is 2.86. The molecular weight excluding hydrogens is 322 g/mol. The van der Waals surface area contributed by atoms with Crippen molar-refractivity contribution >= 4 is 17.6 Å². The van der Waals surface area contributed by atoms with Crippen LogP contribution in [0.2, 0.25) is 5.02 Å². The van der Waals surface area contributed by atoms with Gasteiger partial charge in [-0.25, -0.2) is 4.79 Å². The first-order valence-electron chi connectivity index (χ1n) is 6.74. The lowest BCUT2D eigenvalue weighted by atomic mass is 10.3. The fourth-order valence-corrected chi connectivity index (χ4v) is 1.99. The van der Waals surface area contributed by atoms with Crippen LogP contribution in [-0.4, -0.2) is 17.7 Å². The summed E-state index contributed by atoms with van der Waals surface area (Å²) in [5.41, 5.74) is 0.479. The number of ether oxygens (including phenoxy) is 2. The molecule has 0 unspecified atom stereocenters. The minimum atomic E-state index is -0.521. The van der Waals surface area contributed by atoms with E-state index in [9.17, 15) is 4.79 Å². The van der Waals surface area contributed by atoms with Gasteiger partial charge in [0.05, 0.1) is 6.26 Å². The zero-order valence-electron chi connectivity index (χ0n) is 11.9. The van der Waals surface area contributed by atoms with Crippen LogP contribution >= 0.6 is 11.6 Å². The van der Waals surface area contributed by atoms with Crippen LogP contribution < -0.4 is 4.74 Å². The molecule has 7 heteroatoms. The average Bonchev–Trinajstić information content (AvgIpc) is 3.22. The molecule has 2 aromatic heterocycles. The summed E-state index contributed by atoms with van der Waals surface area (Å²) < 4.78 is 20.6. The number of nitrogens with zero attached hydrogens (tertiary/aromatic N) is 1. The lowest BCUT2D eigenvalue weighted by molar-refractivity contribution is -0.147. The number of hydrogen-bond donors (Lipinski definition) is 0. The Morgan fingerprint density at radius 3 is 2.87 bits per heavy atom. The molecule has 0 saturated carbocycles. The van der Waals surface area contributed by atoms with E-state index in [0.29, 0.717) is 28.0 Å². The SMILES string of the molecule is O=C(COc1cccc(Cl)c1)OCc1cc(-c2ccco2)on1. The van der Waals surface area contributed by atoms with Crippen molar-refractivity contribution in [2.45, 2.75) is 6.61 Å². The summed E-state index contributed by atoms with van der Waals surface area (Å²) in [6.45, 7) is -0.231. The molecule has 0 aliphatic rings. The molecule has 23 heavy (non-hydrogen) atoms. The van der Waals surface area contributed by atoms with Crippen molar-refractivity contribution in [1.82, 2.24) is 5.16 Å². The predicted octanol–water partition coefficient (Wildman–Crippen LogP) is 3.71. The number of carbonyl (C=O) groups is 1. The maximum atomic E-state index is 11.7. The fraction of sp³-hybridized carbons (Fsp3) is 0.125. The highest BCUT2D eigenvalue weighted by Gasteiger charge is 2.11. The van der Waals surface area contributed by atoms with Gasteiger partial charge in [0.15, 0.2) is 12.4 Å². The van der Waals surface area contributed by atoms with Crippen LogP contribution in [0.4, 0.5) is 0 Å². The number of furan rings is 1. The minimum absolute atomic E-state index is 0.0120. The van der Waals surface area contributed by atoms with Gasteiger partial charge >= 0.3 is 5.97 Å². The van der Waals surface area contributed by atoms with Gasteiger partial charge in [0.2, 0.25) is 5.76 Å². The van der Waals surface area contributed by atoms with Gasteiger partial charge in [0.25, 0.3) is 0 Å². The molecule has 2 heterocycles. The molecule has 118 valence electrons. The highest BCUT2D eigenvalue weighted by Crippen LogP contribution is 2.21. The Labute approximate surface area is 136 Å². The smallest absolute Gasteiger partial charge is 0.344 e. The molecule has 0 spiro atoms. The Balaban J connectivity index is 1.47. The second kappa shape index (κ2) is 7.02. The van der Waals surface area contributed by atoms with E-state index in [1.807, 2.05) is 0 Å². The molecule has 0 amide bonds. The van der Waals surface area contributed by atoms with E-state index in [4.69, 9.17) is 30.0 Å². The lowest BCUT2D eigenvalue weighted by Crippen LogP contribution is -2.14. The molecular formula is C16H12ClNO5. The minimum Gasteiger partial charge on any atom is -0.482 e. The summed E-state index contributed by atoms with van der Waals surface area (Å²) in [7, 11) is 0. The first kappa shape index (κ1) is 15.2. The highest BCUT2D eigenvalue weighted by atomic mass is 35.5. The van der Waals surface area contributed by atoms with Gasteiger partial charge in [-0.3, -0.25) is 0 Å². The first-order valence-corrected chi connectivity index (χ1v) is 7.12. The molecule has 3 rings (SSSR count). The van der Waals surface area contributed by atoms with Crippen molar-refractivity contribution in [2.24, 2.45) is 0 Å². The Morgan fingerprint density at radius 1 is 1.17 bits per heavy atom. The molecule has 0 aliphatic heterocycles. The molecule has 0 fully saturated rings. The third kappa shape index (κ3) is 4.14. The summed E-state index contributed by atoms with van der Waals surface area (Å²) in [6, 6.07) is 11.9. The van der Waals surface area contributed by atoms with Crippen LogP contribution in [0.1, 0.15) is 5.69 Å². The number of esters is 1. The topological polar surface area (TPSA) is 74.7 Å². The van der Waals surface area contributed by atoms with Gasteiger partial charge < -0.3 is 18.4 Å². The fourth-order valence-electron chi connectivity index (χ4n) is 1.81. The van der Waals surface area contributed by atoms with Gasteiger partial charge in [-0.2, -0.15) is 0 Å². The number of rotatable bonds is 6. The van der Waals surface area contributed by atoms with Crippen LogP contribution in [0.25, 0.3) is 11.5 Å². The predicted molar refractivity (Wildman–Crippen MR) is 80.9 cm³/mol. The van der Waals surface area contributed by atoms with Crippen molar-refractivity contribution < 1.29 is 23.2 Å². The summed E-state index contributed by atoms with van der Waals surface area (Å²) in [5, 5.41) is 4.33. The molecule has 0 saturated heterocycles. The summed E-state index contributed by atoms with van der Waals surface area (Å²) in [4.78, 5) is 11.7. The van der Waals surface area contributed by atoms with Crippen LogP contribution in [0.3, 0.4) is 0 Å². The van der Waals surface area contributed by atoms with E-state index < -0.39 is 5.97 Å². The third-order valence-corrected chi connectivity index (χ3v) is 3.09. The van der Waals surface area contributed by atoms with Gasteiger partial charge in [0.1, 0.15) is 18.1 Å². The largest absolute Gasteiger partial charge is 0.482 e. The first-order chi connectivity index (χ1) is 11.2. The molecule has 1 aromatic carbocycles. The van der Waals surface area contributed by atoms with E-state index in [2.05, 4.69) is 5.16 Å². The van der Waals surface area contributed by atoms with Crippen LogP contribution in [0, 0.1) is 0 Å². The van der Waals surface area contributed by atoms with Crippen LogP contribution in [0.5, 0.6) is 5.75 Å². The van der Waals surface area contributed by atoms with Gasteiger partial charge in [0, 0.05) is 11.1 Å². The zero-order chi connectivity index (χ0) is 16.1. The lowest BCUT2D eigenvalue weighted by Gasteiger charge is -2.06. The molecule has 0 aliphatic carbocycles. The van der Waals surface area contributed by atoms with Crippen LogP contribution in [0.15, 0.2) is 57.7 Å². The molecule has 6 nitrogen and oxygen atoms in total. The van der Waals surface area contributed by atoms with E-state index in [0.717, 1.165) is 0 Å². The van der Waals surface area contributed by atoms with Gasteiger partial charge in [-0.15, -0.1) is 0 Å². The van der Waals surface area contributed by atoms with Crippen molar-refractivity contribution in [3.8, 4) is 17.3 Å². The number of carbonyl (C=O) groups excluding carboxylic acids is 1. The number of hydrogen-bond acceptors (Lipinski definition) is 6. The number of aromatic nitrogens is 1. The molecule has 0 N–H and O–H groups in total. The molecule has 3 aromatic rings. The van der Waals surface area contributed by atoms with Crippen molar-refractivity contribution in [3.63, 3.8) is 0 Å². The van der Waals surface area contributed by atoms with E-state index >= 15 is 0 Å². The summed E-state index contributed by atoms with van der Waals surface area (Å²) in [6.07, 6.45) is 1.53. The second-order valence-corrected chi connectivity index (χ2v) is 5.00. The van der Waals surface area contributed by atoms with Gasteiger partial charge in [-0.1, -0.05) is 22.8 Å². The maximum Gasteiger partial charge on any atom is 0.344 e. The van der Waals surface area contributed by atoms with Gasteiger partial charge in [-0.05, 0) is 30.3 Å². The van der Waals surface area contributed by atoms with Crippen molar-refractivity contribution in [1.29, 1.82) is 0 Å². The monoisotopic (exact) mass is 333 g/mol. The highest BCUT2D eigenvalue weighted by molar-refractivity contribution is 6.30. The zero-order valence-corrected chi connectivity index (χ0v) is 12.7. The molecule has 0 atom stereocenters. The Bertz CT molecular complexity index is 781. The average molecular weight is 334 g/mol.